The first-order chi connectivity index (χ1) is 14.1. The summed E-state index contributed by atoms with van der Waals surface area (Å²) in [5.74, 6) is 7.37. The van der Waals surface area contributed by atoms with E-state index >= 15 is 0 Å². The maximum Gasteiger partial charge on any atom is 0.307 e. The van der Waals surface area contributed by atoms with Gasteiger partial charge >= 0.3 is 5.97 Å². The summed E-state index contributed by atoms with van der Waals surface area (Å²) in [6.45, 7) is 8.61. The van der Waals surface area contributed by atoms with E-state index in [9.17, 15) is 19.8 Å². The van der Waals surface area contributed by atoms with Crippen molar-refractivity contribution in [3.05, 3.63) is 12.2 Å². The minimum atomic E-state index is -1.57. The molecule has 5 heteroatoms. The Hall–Kier alpha value is -1.82. The van der Waals surface area contributed by atoms with E-state index in [1.54, 1.807) is 6.08 Å². The van der Waals surface area contributed by atoms with Crippen LogP contribution in [0.1, 0.15) is 71.1 Å². The van der Waals surface area contributed by atoms with Crippen LogP contribution in [0, 0.1) is 35.1 Å². The molecular weight excluding hydrogens is 392 g/mol. The summed E-state index contributed by atoms with van der Waals surface area (Å²) >= 11 is 0. The van der Waals surface area contributed by atoms with E-state index in [-0.39, 0.29) is 11.7 Å². The zero-order valence-electron chi connectivity index (χ0n) is 19.1. The van der Waals surface area contributed by atoms with Gasteiger partial charge in [-0.2, -0.15) is 0 Å². The molecule has 2 N–H and O–H groups in total. The molecule has 30 heavy (non-hydrogen) atoms. The third-order valence-corrected chi connectivity index (χ3v) is 6.16. The first-order valence-electron chi connectivity index (χ1n) is 11.2. The second kappa shape index (κ2) is 12.8. The quantitative estimate of drug-likeness (QED) is 0.222. The molecule has 0 radical (unpaired) electrons. The normalized spacial score (nSPS) is 19.5. The number of rotatable bonds is 10. The molecule has 3 atom stereocenters. The molecule has 1 saturated carbocycles. The Morgan fingerprint density at radius 1 is 1.30 bits per heavy atom. The van der Waals surface area contributed by atoms with Gasteiger partial charge in [-0.15, -0.1) is 11.5 Å². The van der Waals surface area contributed by atoms with Crippen LogP contribution in [0.15, 0.2) is 12.2 Å². The van der Waals surface area contributed by atoms with E-state index in [2.05, 4.69) is 49.9 Å². The zero-order valence-corrected chi connectivity index (χ0v) is 20.1. The number of allylic oxidation sites excluding steroid dienone is 1. The number of unbranched alkanes of at least 4 members (excludes halogenated alkanes) is 2. The Labute approximate surface area is 183 Å². The fourth-order valence-corrected chi connectivity index (χ4v) is 4.19. The molecule has 0 bridgehead atoms. The Kier molecular flexibility index (Phi) is 11.2. The van der Waals surface area contributed by atoms with Gasteiger partial charge in [-0.05, 0) is 38.2 Å². The van der Waals surface area contributed by atoms with E-state index in [1.165, 1.54) is 0 Å². The molecule has 0 amide bonds. The van der Waals surface area contributed by atoms with Crippen molar-refractivity contribution in [2.45, 2.75) is 96.4 Å². The molecule has 0 heterocycles. The van der Waals surface area contributed by atoms with Crippen LogP contribution in [0.4, 0.5) is 0 Å². The fourth-order valence-electron chi connectivity index (χ4n) is 3.59. The molecule has 166 valence electrons. The second-order valence-electron chi connectivity index (χ2n) is 9.29. The van der Waals surface area contributed by atoms with E-state index < -0.39 is 25.6 Å². The van der Waals surface area contributed by atoms with Gasteiger partial charge in [-0.3, -0.25) is 9.59 Å². The van der Waals surface area contributed by atoms with Crippen molar-refractivity contribution in [2.24, 2.45) is 11.8 Å². The molecule has 1 aliphatic rings. The van der Waals surface area contributed by atoms with Crippen molar-refractivity contribution in [3.63, 3.8) is 0 Å². The van der Waals surface area contributed by atoms with Crippen molar-refractivity contribution >= 4 is 19.8 Å². The Morgan fingerprint density at radius 3 is 2.60 bits per heavy atom. The van der Waals surface area contributed by atoms with Crippen molar-refractivity contribution in [2.75, 3.05) is 0 Å². The molecule has 0 aromatic heterocycles. The number of carbonyl (C=O) groups excluding carboxylic acids is 1. The van der Waals surface area contributed by atoms with Gasteiger partial charge < -0.3 is 10.2 Å². The molecule has 0 spiro atoms. The third kappa shape index (κ3) is 10.3. The zero-order chi connectivity index (χ0) is 22.6. The molecule has 4 nitrogen and oxygen atoms in total. The number of carboxylic acid groups (broad SMARTS) is 1. The molecule has 1 fully saturated rings. The molecule has 0 aromatic carbocycles. The number of Topliss-reactive ketones (excluding diaryl/α,β-unsaturated/α-hetero) is 1. The molecule has 0 unspecified atom stereocenters. The Morgan fingerprint density at radius 2 is 2.03 bits per heavy atom. The van der Waals surface area contributed by atoms with Crippen LogP contribution < -0.4 is 0 Å². The highest BCUT2D eigenvalue weighted by Crippen LogP contribution is 2.31. The average molecular weight is 431 g/mol. The largest absolute Gasteiger partial charge is 0.481 e. The van der Waals surface area contributed by atoms with Gasteiger partial charge in [0, 0.05) is 25.2 Å². The predicted octanol–water partition coefficient (Wildman–Crippen LogP) is 4.98. The lowest BCUT2D eigenvalue weighted by atomic mass is 9.86. The lowest BCUT2D eigenvalue weighted by Gasteiger charge is -2.19. The summed E-state index contributed by atoms with van der Waals surface area (Å²) in [7, 11) is -1.57. The standard InChI is InChI=1S/C25H38O4Si/c1-5-6-11-17-25(29,19-20-30(2,3)4)18-12-9-7-8-10-14-22(24(27)28)21-15-13-16-23(21)26/h12,18,21-22,29H,5-6,9-11,13-17H2,1-4H3,(H,27,28)/t21-,22+,25-/m1/s1. The van der Waals surface area contributed by atoms with Crippen LogP contribution in [-0.4, -0.2) is 35.6 Å². The number of hydrogen-bond acceptors (Lipinski definition) is 3. The van der Waals surface area contributed by atoms with Crippen LogP contribution in [-0.2, 0) is 9.59 Å². The minimum Gasteiger partial charge on any atom is -0.481 e. The van der Waals surface area contributed by atoms with Crippen LogP contribution in [0.3, 0.4) is 0 Å². The van der Waals surface area contributed by atoms with Gasteiger partial charge in [0.25, 0.3) is 0 Å². The maximum absolute atomic E-state index is 11.9. The number of carbonyl (C=O) groups is 2. The van der Waals surface area contributed by atoms with Crippen LogP contribution in [0.5, 0.6) is 0 Å². The summed E-state index contributed by atoms with van der Waals surface area (Å²) in [5.41, 5.74) is 2.17. The summed E-state index contributed by atoms with van der Waals surface area (Å²) < 4.78 is 0. The highest BCUT2D eigenvalue weighted by molar-refractivity contribution is 6.83. The molecule has 0 aromatic rings. The van der Waals surface area contributed by atoms with Crippen LogP contribution in [0.25, 0.3) is 0 Å². The highest BCUT2D eigenvalue weighted by Gasteiger charge is 2.35. The monoisotopic (exact) mass is 430 g/mol. The van der Waals surface area contributed by atoms with Crippen molar-refractivity contribution in [3.8, 4) is 23.3 Å². The lowest BCUT2D eigenvalue weighted by molar-refractivity contribution is -0.146. The number of aliphatic hydroxyl groups is 1. The Bertz CT molecular complexity index is 726. The average Bonchev–Trinajstić information content (AvgIpc) is 3.07. The maximum atomic E-state index is 11.9. The van der Waals surface area contributed by atoms with Crippen LogP contribution >= 0.6 is 0 Å². The number of carboxylic acids is 1. The summed E-state index contributed by atoms with van der Waals surface area (Å²) in [4.78, 5) is 23.4. The topological polar surface area (TPSA) is 74.6 Å². The van der Waals surface area contributed by atoms with E-state index in [0.717, 1.165) is 25.7 Å². The first-order valence-corrected chi connectivity index (χ1v) is 14.7. The van der Waals surface area contributed by atoms with E-state index in [1.807, 2.05) is 6.08 Å². The molecule has 1 aliphatic carbocycles. The van der Waals surface area contributed by atoms with Gasteiger partial charge in [0.2, 0.25) is 0 Å². The smallest absolute Gasteiger partial charge is 0.307 e. The number of aliphatic carboxylic acids is 1. The molecular formula is C25H38O4Si. The van der Waals surface area contributed by atoms with E-state index in [4.69, 9.17) is 0 Å². The van der Waals surface area contributed by atoms with Gasteiger partial charge in [0.05, 0.1) is 5.92 Å². The van der Waals surface area contributed by atoms with Gasteiger partial charge in [0.15, 0.2) is 0 Å². The third-order valence-electron chi connectivity index (χ3n) is 5.29. The Balaban J connectivity index is 2.61. The summed E-state index contributed by atoms with van der Waals surface area (Å²) in [6.07, 6.45) is 10.7. The van der Waals surface area contributed by atoms with Gasteiger partial charge in [0.1, 0.15) is 19.5 Å². The predicted molar refractivity (Wildman–Crippen MR) is 124 cm³/mol. The minimum absolute atomic E-state index is 0.0834. The second-order valence-corrected chi connectivity index (χ2v) is 14.0. The number of hydrogen-bond donors (Lipinski definition) is 2. The van der Waals surface area contributed by atoms with Crippen LogP contribution in [0.2, 0.25) is 19.6 Å². The first kappa shape index (κ1) is 26.2. The summed E-state index contributed by atoms with van der Waals surface area (Å²) in [6, 6.07) is 0. The summed E-state index contributed by atoms with van der Waals surface area (Å²) in [5, 5.41) is 20.3. The van der Waals surface area contributed by atoms with Crippen molar-refractivity contribution in [1.82, 2.24) is 0 Å². The lowest BCUT2D eigenvalue weighted by Crippen LogP contribution is -2.26. The molecule has 0 aliphatic heterocycles. The SMILES string of the molecule is CCCCC[C@](O)(C#C[Si](C)(C)C)C=CCC#CCC[C@H](C(=O)O)[C@H]1CCCC1=O. The van der Waals surface area contributed by atoms with Gasteiger partial charge in [-0.1, -0.05) is 57.3 Å². The molecule has 0 saturated heterocycles. The van der Waals surface area contributed by atoms with Gasteiger partial charge in [-0.25, -0.2) is 0 Å². The van der Waals surface area contributed by atoms with Crippen molar-refractivity contribution in [1.29, 1.82) is 0 Å². The highest BCUT2D eigenvalue weighted by atomic mass is 28.3. The number of ketones is 1. The van der Waals surface area contributed by atoms with E-state index in [0.29, 0.717) is 38.5 Å². The van der Waals surface area contributed by atoms with Crippen molar-refractivity contribution < 1.29 is 19.8 Å². The molecule has 1 rings (SSSR count). The fraction of sp³-hybridized carbons (Fsp3) is 0.680.